The van der Waals surface area contributed by atoms with E-state index in [0.29, 0.717) is 22.0 Å². The van der Waals surface area contributed by atoms with Gasteiger partial charge in [0.15, 0.2) is 0 Å². The van der Waals surface area contributed by atoms with E-state index in [1.54, 1.807) is 18.2 Å². The molecule has 0 bridgehead atoms. The van der Waals surface area contributed by atoms with Crippen molar-refractivity contribution in [2.24, 2.45) is 0 Å². The average molecular weight is 379 g/mol. The van der Waals surface area contributed by atoms with Crippen LogP contribution in [0.3, 0.4) is 0 Å². The molecule has 1 heterocycles. The van der Waals surface area contributed by atoms with Crippen LogP contribution < -0.4 is 10.2 Å². The quantitative estimate of drug-likeness (QED) is 0.818. The largest absolute Gasteiger partial charge is 0.478 e. The second kappa shape index (κ2) is 7.33. The first-order valence-electron chi connectivity index (χ1n) is 7.84. The van der Waals surface area contributed by atoms with E-state index in [9.17, 15) is 14.7 Å². The highest BCUT2D eigenvalue weighted by molar-refractivity contribution is 6.42. The number of nitrogens with zero attached hydrogens (tertiary/aromatic N) is 1. The number of rotatable bonds is 4. The molecule has 0 aliphatic carbocycles. The summed E-state index contributed by atoms with van der Waals surface area (Å²) in [5.74, 6) is -1.41. The molecule has 5 nitrogen and oxygen atoms in total. The molecule has 7 heteroatoms. The van der Waals surface area contributed by atoms with Crippen LogP contribution in [0.25, 0.3) is 0 Å². The molecule has 130 valence electrons. The normalized spacial score (nSPS) is 13.8. The average Bonchev–Trinajstić information content (AvgIpc) is 3.11. The summed E-state index contributed by atoms with van der Waals surface area (Å²) in [4.78, 5) is 26.0. The first-order chi connectivity index (χ1) is 12.0. The van der Waals surface area contributed by atoms with Crippen molar-refractivity contribution in [3.05, 3.63) is 57.6 Å². The second-order valence-electron chi connectivity index (χ2n) is 5.81. The van der Waals surface area contributed by atoms with Crippen LogP contribution in [-0.4, -0.2) is 30.1 Å². The van der Waals surface area contributed by atoms with E-state index < -0.39 is 5.97 Å². The van der Waals surface area contributed by atoms with Gasteiger partial charge >= 0.3 is 5.97 Å². The summed E-state index contributed by atoms with van der Waals surface area (Å²) >= 11 is 11.8. The van der Waals surface area contributed by atoms with Gasteiger partial charge in [-0.1, -0.05) is 23.2 Å². The fourth-order valence-corrected chi connectivity index (χ4v) is 3.16. The molecule has 2 N–H and O–H groups in total. The Hall–Kier alpha value is -2.24. The Labute approximate surface area is 155 Å². The molecular weight excluding hydrogens is 363 g/mol. The Morgan fingerprint density at radius 3 is 2.36 bits per heavy atom. The highest BCUT2D eigenvalue weighted by Crippen LogP contribution is 2.28. The van der Waals surface area contributed by atoms with Gasteiger partial charge < -0.3 is 15.3 Å². The fraction of sp³-hybridized carbons (Fsp3) is 0.222. The number of carbonyl (C=O) groups is 2. The third-order valence-corrected chi connectivity index (χ3v) is 4.85. The Morgan fingerprint density at radius 2 is 1.72 bits per heavy atom. The molecule has 1 aliphatic heterocycles. The maximum atomic E-state index is 12.3. The minimum absolute atomic E-state index is 0.175. The lowest BCUT2D eigenvalue weighted by Crippen LogP contribution is -2.21. The number of carbonyl (C=O) groups excluding carboxylic acids is 1. The highest BCUT2D eigenvalue weighted by Gasteiger charge is 2.20. The van der Waals surface area contributed by atoms with Crippen LogP contribution in [0.2, 0.25) is 10.0 Å². The summed E-state index contributed by atoms with van der Waals surface area (Å²) in [6, 6.07) is 9.48. The van der Waals surface area contributed by atoms with E-state index >= 15 is 0 Å². The summed E-state index contributed by atoms with van der Waals surface area (Å²) in [7, 11) is 0. The predicted molar refractivity (Wildman–Crippen MR) is 99.3 cm³/mol. The van der Waals surface area contributed by atoms with Crippen LogP contribution >= 0.6 is 23.2 Å². The van der Waals surface area contributed by atoms with Crippen LogP contribution in [0.5, 0.6) is 0 Å². The Balaban J connectivity index is 1.84. The first kappa shape index (κ1) is 17.6. The molecule has 0 aromatic heterocycles. The second-order valence-corrected chi connectivity index (χ2v) is 6.63. The van der Waals surface area contributed by atoms with Crippen LogP contribution in [0.15, 0.2) is 36.4 Å². The third-order valence-electron chi connectivity index (χ3n) is 4.11. The summed E-state index contributed by atoms with van der Waals surface area (Å²) in [5.41, 5.74) is 1.61. The molecule has 25 heavy (non-hydrogen) atoms. The van der Waals surface area contributed by atoms with Gasteiger partial charge in [0.1, 0.15) is 0 Å². The van der Waals surface area contributed by atoms with Crippen LogP contribution in [0.1, 0.15) is 33.6 Å². The molecule has 1 aliphatic rings. The van der Waals surface area contributed by atoms with E-state index in [2.05, 4.69) is 5.32 Å². The molecule has 0 spiro atoms. The zero-order chi connectivity index (χ0) is 18.0. The molecule has 1 amide bonds. The van der Waals surface area contributed by atoms with Gasteiger partial charge in [0, 0.05) is 24.3 Å². The Morgan fingerprint density at radius 1 is 1.00 bits per heavy atom. The molecule has 1 saturated heterocycles. The molecule has 3 rings (SSSR count). The number of hydrogen-bond donors (Lipinski definition) is 2. The summed E-state index contributed by atoms with van der Waals surface area (Å²) in [5, 5.41) is 12.8. The minimum Gasteiger partial charge on any atom is -0.478 e. The van der Waals surface area contributed by atoms with Crippen molar-refractivity contribution >= 4 is 46.5 Å². The van der Waals surface area contributed by atoms with Crippen molar-refractivity contribution in [2.45, 2.75) is 12.8 Å². The summed E-state index contributed by atoms with van der Waals surface area (Å²) in [6.07, 6.45) is 2.10. The molecule has 0 atom stereocenters. The number of benzene rings is 2. The minimum atomic E-state index is -1.02. The van der Waals surface area contributed by atoms with Gasteiger partial charge in [-0.2, -0.15) is 0 Å². The predicted octanol–water partition coefficient (Wildman–Crippen LogP) is 4.54. The van der Waals surface area contributed by atoms with Gasteiger partial charge in [0.2, 0.25) is 0 Å². The zero-order valence-corrected chi connectivity index (χ0v) is 14.8. The maximum absolute atomic E-state index is 12.3. The number of hydrogen-bond acceptors (Lipinski definition) is 3. The number of halogens is 2. The first-order valence-corrected chi connectivity index (χ1v) is 8.60. The molecule has 2 aromatic rings. The lowest BCUT2D eigenvalue weighted by molar-refractivity contribution is 0.0697. The lowest BCUT2D eigenvalue weighted by Gasteiger charge is -2.20. The van der Waals surface area contributed by atoms with Gasteiger partial charge in [-0.05, 0) is 49.2 Å². The van der Waals surface area contributed by atoms with E-state index in [4.69, 9.17) is 23.2 Å². The smallest absolute Gasteiger partial charge is 0.337 e. The van der Waals surface area contributed by atoms with Gasteiger partial charge in [0.05, 0.1) is 21.3 Å². The zero-order valence-electron chi connectivity index (χ0n) is 13.3. The standard InChI is InChI=1S/C18H16Cl2N2O3/c19-14-5-3-11(9-15(14)20)17(23)21-12-4-6-16(13(10-12)18(24)25)22-7-1-2-8-22/h3-6,9-10H,1-2,7-8H2,(H,21,23)(H,24,25). The van der Waals surface area contributed by atoms with Gasteiger partial charge in [-0.3, -0.25) is 4.79 Å². The Bertz CT molecular complexity index is 833. The number of nitrogens with one attached hydrogen (secondary N) is 1. The van der Waals surface area contributed by atoms with Crippen LogP contribution in [0.4, 0.5) is 11.4 Å². The summed E-state index contributed by atoms with van der Waals surface area (Å²) in [6.45, 7) is 1.69. The molecule has 1 fully saturated rings. The van der Waals surface area contributed by atoms with Crippen LogP contribution in [-0.2, 0) is 0 Å². The fourth-order valence-electron chi connectivity index (χ4n) is 2.86. The van der Waals surface area contributed by atoms with Gasteiger partial charge in [0.25, 0.3) is 5.91 Å². The number of carboxylic acids is 1. The molecular formula is C18H16Cl2N2O3. The van der Waals surface area contributed by atoms with Crippen molar-refractivity contribution in [3.8, 4) is 0 Å². The number of amides is 1. The maximum Gasteiger partial charge on any atom is 0.337 e. The summed E-state index contributed by atoms with van der Waals surface area (Å²) < 4.78 is 0. The SMILES string of the molecule is O=C(Nc1ccc(N2CCCC2)c(C(=O)O)c1)c1ccc(Cl)c(Cl)c1. The molecule has 0 radical (unpaired) electrons. The number of anilines is 2. The van der Waals surface area contributed by atoms with Crippen molar-refractivity contribution in [3.63, 3.8) is 0 Å². The van der Waals surface area contributed by atoms with Gasteiger partial charge in [-0.25, -0.2) is 4.79 Å². The number of aromatic carboxylic acids is 1. The highest BCUT2D eigenvalue weighted by atomic mass is 35.5. The topological polar surface area (TPSA) is 69.6 Å². The number of carboxylic acid groups (broad SMARTS) is 1. The van der Waals surface area contributed by atoms with Crippen molar-refractivity contribution < 1.29 is 14.7 Å². The van der Waals surface area contributed by atoms with Crippen molar-refractivity contribution in [1.29, 1.82) is 0 Å². The molecule has 2 aromatic carbocycles. The molecule has 0 unspecified atom stereocenters. The lowest BCUT2D eigenvalue weighted by atomic mass is 10.1. The van der Waals surface area contributed by atoms with Crippen molar-refractivity contribution in [2.75, 3.05) is 23.3 Å². The van der Waals surface area contributed by atoms with E-state index in [1.807, 2.05) is 4.90 Å². The van der Waals surface area contributed by atoms with Gasteiger partial charge in [-0.15, -0.1) is 0 Å². The Kier molecular flexibility index (Phi) is 5.16. The van der Waals surface area contributed by atoms with E-state index in [0.717, 1.165) is 25.9 Å². The monoisotopic (exact) mass is 378 g/mol. The van der Waals surface area contributed by atoms with Crippen LogP contribution in [0, 0.1) is 0 Å². The van der Waals surface area contributed by atoms with E-state index in [-0.39, 0.29) is 16.5 Å². The molecule has 0 saturated carbocycles. The third kappa shape index (κ3) is 3.89. The van der Waals surface area contributed by atoms with Crippen molar-refractivity contribution in [1.82, 2.24) is 0 Å². The van der Waals surface area contributed by atoms with E-state index in [1.165, 1.54) is 18.2 Å².